The monoisotopic (exact) mass is 432 g/mol. The highest BCUT2D eigenvalue weighted by atomic mass is 16.5. The van der Waals surface area contributed by atoms with Gasteiger partial charge in [-0.2, -0.15) is 0 Å². The number of aryl methyl sites for hydroxylation is 1. The number of rotatable bonds is 7. The summed E-state index contributed by atoms with van der Waals surface area (Å²) in [6.45, 7) is 6.13. The summed E-state index contributed by atoms with van der Waals surface area (Å²) in [5.74, 6) is 1.43. The van der Waals surface area contributed by atoms with Crippen molar-refractivity contribution in [3.8, 4) is 17.4 Å². The molecule has 0 bridgehead atoms. The van der Waals surface area contributed by atoms with Crippen LogP contribution < -0.4 is 19.7 Å². The Balaban J connectivity index is 1.30. The zero-order valence-electron chi connectivity index (χ0n) is 18.5. The van der Waals surface area contributed by atoms with Gasteiger partial charge in [-0.05, 0) is 55.9 Å². The number of nitrogens with zero attached hydrogens (tertiary/aromatic N) is 3. The summed E-state index contributed by atoms with van der Waals surface area (Å²) in [6, 6.07) is 18.6. The van der Waals surface area contributed by atoms with Gasteiger partial charge in [0.2, 0.25) is 5.88 Å². The van der Waals surface area contributed by atoms with E-state index < -0.39 is 0 Å². The van der Waals surface area contributed by atoms with Gasteiger partial charge in [-0.3, -0.25) is 4.79 Å². The highest BCUT2D eigenvalue weighted by Gasteiger charge is 2.16. The van der Waals surface area contributed by atoms with E-state index in [9.17, 15) is 4.79 Å². The second-order valence-corrected chi connectivity index (χ2v) is 7.87. The van der Waals surface area contributed by atoms with Crippen molar-refractivity contribution in [2.75, 3.05) is 50.1 Å². The number of anilines is 2. The number of pyridine rings is 1. The predicted molar refractivity (Wildman–Crippen MR) is 126 cm³/mol. The molecule has 2 aromatic carbocycles. The van der Waals surface area contributed by atoms with Crippen LogP contribution in [0.25, 0.3) is 0 Å². The maximum absolute atomic E-state index is 12.4. The lowest BCUT2D eigenvalue weighted by Gasteiger charge is -2.35. The molecular weight excluding hydrogens is 404 g/mol. The summed E-state index contributed by atoms with van der Waals surface area (Å²) in [4.78, 5) is 21.3. The molecule has 1 aliphatic rings. The fourth-order valence-corrected chi connectivity index (χ4v) is 3.64. The van der Waals surface area contributed by atoms with Crippen molar-refractivity contribution in [1.82, 2.24) is 9.88 Å². The number of aromatic nitrogens is 1. The van der Waals surface area contributed by atoms with Gasteiger partial charge in [0.1, 0.15) is 11.5 Å². The highest BCUT2D eigenvalue weighted by Crippen LogP contribution is 2.25. The molecule has 0 aliphatic carbocycles. The topological polar surface area (TPSA) is 66.9 Å². The Bertz CT molecular complexity index is 1050. The van der Waals surface area contributed by atoms with Crippen LogP contribution in [-0.4, -0.2) is 55.6 Å². The standard InChI is InChI=1S/C25H28N4O3/c1-19-16-20(9-10-23(19)29-14-12-28(2)13-15-29)27-24(30)18-31-21-6-5-7-22(17-21)32-25-8-3-4-11-26-25/h3-11,16-17H,12-15,18H2,1-2H3,(H,27,30). The Kier molecular flexibility index (Phi) is 6.87. The number of hydrogen-bond donors (Lipinski definition) is 1. The number of hydrogen-bond acceptors (Lipinski definition) is 6. The Morgan fingerprint density at radius 3 is 2.56 bits per heavy atom. The van der Waals surface area contributed by atoms with E-state index in [2.05, 4.69) is 40.1 Å². The number of nitrogens with one attached hydrogen (secondary N) is 1. The first-order chi connectivity index (χ1) is 15.6. The number of ether oxygens (including phenoxy) is 2. The van der Waals surface area contributed by atoms with Crippen molar-refractivity contribution in [3.63, 3.8) is 0 Å². The second-order valence-electron chi connectivity index (χ2n) is 7.87. The normalized spacial score (nSPS) is 14.1. The molecule has 0 radical (unpaired) electrons. The van der Waals surface area contributed by atoms with Gasteiger partial charge in [-0.15, -0.1) is 0 Å². The van der Waals surface area contributed by atoms with Crippen LogP contribution >= 0.6 is 0 Å². The first-order valence-corrected chi connectivity index (χ1v) is 10.7. The number of benzene rings is 2. The number of carbonyl (C=O) groups excluding carboxylic acids is 1. The quantitative estimate of drug-likeness (QED) is 0.610. The molecule has 0 unspecified atom stereocenters. The smallest absolute Gasteiger partial charge is 0.262 e. The third kappa shape index (κ3) is 5.76. The van der Waals surface area contributed by atoms with E-state index in [0.717, 1.165) is 37.4 Å². The van der Waals surface area contributed by atoms with Gasteiger partial charge in [0.15, 0.2) is 6.61 Å². The fraction of sp³-hybridized carbons (Fsp3) is 0.280. The molecule has 1 N–H and O–H groups in total. The van der Waals surface area contributed by atoms with Gasteiger partial charge >= 0.3 is 0 Å². The van der Waals surface area contributed by atoms with E-state index >= 15 is 0 Å². The van der Waals surface area contributed by atoms with Crippen molar-refractivity contribution < 1.29 is 14.3 Å². The van der Waals surface area contributed by atoms with Crippen LogP contribution in [0, 0.1) is 6.92 Å². The molecular formula is C25H28N4O3. The summed E-state index contributed by atoms with van der Waals surface area (Å²) in [7, 11) is 2.15. The average molecular weight is 433 g/mol. The third-order valence-electron chi connectivity index (χ3n) is 5.36. The van der Waals surface area contributed by atoms with Crippen molar-refractivity contribution in [2.24, 2.45) is 0 Å². The summed E-state index contributed by atoms with van der Waals surface area (Å²) in [5, 5.41) is 2.91. The first kappa shape index (κ1) is 21.6. The lowest BCUT2D eigenvalue weighted by Crippen LogP contribution is -2.44. The molecule has 7 nitrogen and oxygen atoms in total. The first-order valence-electron chi connectivity index (χ1n) is 10.7. The van der Waals surface area contributed by atoms with Gasteiger partial charge in [0, 0.05) is 55.9 Å². The molecule has 4 rings (SSSR count). The van der Waals surface area contributed by atoms with Crippen LogP contribution in [-0.2, 0) is 4.79 Å². The van der Waals surface area contributed by atoms with E-state index in [1.54, 1.807) is 24.4 Å². The van der Waals surface area contributed by atoms with Crippen LogP contribution in [0.5, 0.6) is 17.4 Å². The number of carbonyl (C=O) groups is 1. The molecule has 1 saturated heterocycles. The van der Waals surface area contributed by atoms with Crippen molar-refractivity contribution in [3.05, 3.63) is 72.4 Å². The minimum absolute atomic E-state index is 0.0910. The van der Waals surface area contributed by atoms with E-state index in [1.807, 2.05) is 36.4 Å². The molecule has 166 valence electrons. The molecule has 32 heavy (non-hydrogen) atoms. The number of amides is 1. The van der Waals surface area contributed by atoms with Gasteiger partial charge in [-0.25, -0.2) is 4.98 Å². The van der Waals surface area contributed by atoms with Gasteiger partial charge in [0.25, 0.3) is 5.91 Å². The molecule has 0 spiro atoms. The number of likely N-dealkylation sites (N-methyl/N-ethyl adjacent to an activating group) is 1. The molecule has 0 atom stereocenters. The summed E-state index contributed by atoms with van der Waals surface area (Å²) in [5.41, 5.74) is 3.13. The lowest BCUT2D eigenvalue weighted by atomic mass is 10.1. The Morgan fingerprint density at radius 1 is 1.00 bits per heavy atom. The van der Waals surface area contributed by atoms with Crippen molar-refractivity contribution >= 4 is 17.3 Å². The van der Waals surface area contributed by atoms with E-state index in [0.29, 0.717) is 17.4 Å². The SMILES string of the molecule is Cc1cc(NC(=O)COc2cccc(Oc3ccccn3)c2)ccc1N1CCN(C)CC1. The van der Waals surface area contributed by atoms with Gasteiger partial charge < -0.3 is 24.6 Å². The van der Waals surface area contributed by atoms with Gasteiger partial charge in [-0.1, -0.05) is 12.1 Å². The molecule has 1 aromatic heterocycles. The summed E-state index contributed by atoms with van der Waals surface area (Å²) >= 11 is 0. The van der Waals surface area contributed by atoms with Crippen LogP contribution in [0.15, 0.2) is 66.9 Å². The maximum Gasteiger partial charge on any atom is 0.262 e. The van der Waals surface area contributed by atoms with E-state index in [4.69, 9.17) is 9.47 Å². The van der Waals surface area contributed by atoms with Crippen LogP contribution in [0.3, 0.4) is 0 Å². The highest BCUT2D eigenvalue weighted by molar-refractivity contribution is 5.92. The van der Waals surface area contributed by atoms with E-state index in [-0.39, 0.29) is 12.5 Å². The van der Waals surface area contributed by atoms with Crippen molar-refractivity contribution in [2.45, 2.75) is 6.92 Å². The van der Waals surface area contributed by atoms with Gasteiger partial charge in [0.05, 0.1) is 0 Å². The average Bonchev–Trinajstić information content (AvgIpc) is 2.80. The zero-order chi connectivity index (χ0) is 22.3. The molecule has 7 heteroatoms. The van der Waals surface area contributed by atoms with E-state index in [1.165, 1.54) is 5.69 Å². The van der Waals surface area contributed by atoms with Crippen LogP contribution in [0.4, 0.5) is 11.4 Å². The van der Waals surface area contributed by atoms with Crippen molar-refractivity contribution in [1.29, 1.82) is 0 Å². The Labute approximate surface area is 188 Å². The largest absolute Gasteiger partial charge is 0.484 e. The minimum Gasteiger partial charge on any atom is -0.484 e. The Morgan fingerprint density at radius 2 is 1.81 bits per heavy atom. The second kappa shape index (κ2) is 10.2. The molecule has 2 heterocycles. The summed E-state index contributed by atoms with van der Waals surface area (Å²) in [6.07, 6.45) is 1.67. The fourth-order valence-electron chi connectivity index (χ4n) is 3.64. The lowest BCUT2D eigenvalue weighted by molar-refractivity contribution is -0.118. The molecule has 1 aliphatic heterocycles. The minimum atomic E-state index is -0.215. The van der Waals surface area contributed by atoms with Crippen LogP contribution in [0.1, 0.15) is 5.56 Å². The molecule has 0 saturated carbocycles. The molecule has 1 fully saturated rings. The number of piperazine rings is 1. The molecule has 1 amide bonds. The molecule has 3 aromatic rings. The third-order valence-corrected chi connectivity index (χ3v) is 5.36. The Hall–Kier alpha value is -3.58. The predicted octanol–water partition coefficient (Wildman–Crippen LogP) is 3.95. The summed E-state index contributed by atoms with van der Waals surface area (Å²) < 4.78 is 11.4. The van der Waals surface area contributed by atoms with Crippen LogP contribution in [0.2, 0.25) is 0 Å². The zero-order valence-corrected chi connectivity index (χ0v) is 18.5. The maximum atomic E-state index is 12.4.